The number of nitrogens with zero attached hydrogens (tertiary/aromatic N) is 2. The quantitative estimate of drug-likeness (QED) is 0.522. The first-order valence-corrected chi connectivity index (χ1v) is 10.4. The van der Waals surface area contributed by atoms with Gasteiger partial charge in [-0.3, -0.25) is 9.59 Å². The van der Waals surface area contributed by atoms with Crippen molar-refractivity contribution < 1.29 is 14.7 Å². The second-order valence-electron chi connectivity index (χ2n) is 7.16. The van der Waals surface area contributed by atoms with Crippen molar-refractivity contribution in [3.8, 4) is 0 Å². The lowest BCUT2D eigenvalue weighted by molar-refractivity contribution is -0.129. The zero-order chi connectivity index (χ0) is 20.3. The molecule has 0 bridgehead atoms. The molecule has 2 heterocycles. The van der Waals surface area contributed by atoms with Crippen LogP contribution in [0.25, 0.3) is 0 Å². The molecule has 5 nitrogen and oxygen atoms in total. The molecule has 2 aromatic rings. The fraction of sp³-hybridized carbons (Fsp3) is 0.364. The summed E-state index contributed by atoms with van der Waals surface area (Å²) in [5.74, 6) is -1.16. The van der Waals surface area contributed by atoms with E-state index < -0.39 is 17.7 Å². The topological polar surface area (TPSA) is 60.9 Å². The molecule has 1 aromatic carbocycles. The van der Waals surface area contributed by atoms with Crippen LogP contribution in [0.5, 0.6) is 0 Å². The van der Waals surface area contributed by atoms with Gasteiger partial charge in [-0.1, -0.05) is 38.0 Å². The summed E-state index contributed by atoms with van der Waals surface area (Å²) in [5.41, 5.74) is 2.05. The number of thiophene rings is 1. The van der Waals surface area contributed by atoms with Crippen LogP contribution in [0.1, 0.15) is 47.5 Å². The summed E-state index contributed by atoms with van der Waals surface area (Å²) in [5, 5.41) is 12.4. The maximum atomic E-state index is 13.1. The Balaban J connectivity index is 2.01. The minimum atomic E-state index is -0.560. The van der Waals surface area contributed by atoms with E-state index in [1.807, 2.05) is 48.6 Å². The Morgan fingerprint density at radius 2 is 1.89 bits per heavy atom. The number of carbonyl (C=O) groups is 2. The number of hydrogen-bond acceptors (Lipinski definition) is 5. The number of benzene rings is 1. The highest BCUT2D eigenvalue weighted by Gasteiger charge is 2.43. The standard InChI is InChI=1S/C22H26N2O3S/c1-4-5-6-13-24-19(15-9-11-16(12-10-15)23(2)3)18(21(26)22(24)27)20(25)17-8-7-14-28-17/h7-12,14,19,26H,4-6,13H2,1-3H3. The molecule has 0 saturated heterocycles. The summed E-state index contributed by atoms with van der Waals surface area (Å²) in [6.45, 7) is 2.61. The molecular weight excluding hydrogens is 372 g/mol. The van der Waals surface area contributed by atoms with Gasteiger partial charge in [-0.15, -0.1) is 11.3 Å². The second kappa shape index (κ2) is 8.61. The first-order valence-electron chi connectivity index (χ1n) is 9.55. The van der Waals surface area contributed by atoms with E-state index in [2.05, 4.69) is 6.92 Å². The van der Waals surface area contributed by atoms with Crippen molar-refractivity contribution in [3.63, 3.8) is 0 Å². The van der Waals surface area contributed by atoms with Gasteiger partial charge >= 0.3 is 0 Å². The lowest BCUT2D eigenvalue weighted by atomic mass is 9.95. The largest absolute Gasteiger partial charge is 0.503 e. The second-order valence-corrected chi connectivity index (χ2v) is 8.11. The van der Waals surface area contributed by atoms with Crippen LogP contribution < -0.4 is 4.90 Å². The van der Waals surface area contributed by atoms with Gasteiger partial charge in [0.1, 0.15) is 0 Å². The number of rotatable bonds is 8. The number of aliphatic hydroxyl groups excluding tert-OH is 1. The van der Waals surface area contributed by atoms with E-state index in [1.165, 1.54) is 11.3 Å². The third-order valence-electron chi connectivity index (χ3n) is 5.02. The van der Waals surface area contributed by atoms with E-state index in [4.69, 9.17) is 0 Å². The molecule has 0 fully saturated rings. The molecule has 0 radical (unpaired) electrons. The number of anilines is 1. The summed E-state index contributed by atoms with van der Waals surface area (Å²) in [7, 11) is 3.92. The van der Waals surface area contributed by atoms with Crippen molar-refractivity contribution in [2.24, 2.45) is 0 Å². The highest BCUT2D eigenvalue weighted by Crippen LogP contribution is 2.40. The fourth-order valence-electron chi connectivity index (χ4n) is 3.49. The first-order chi connectivity index (χ1) is 13.5. The van der Waals surface area contributed by atoms with E-state index in [1.54, 1.807) is 17.0 Å². The minimum absolute atomic E-state index is 0.182. The number of unbranched alkanes of at least 4 members (excludes halogenated alkanes) is 2. The van der Waals surface area contributed by atoms with Crippen LogP contribution in [-0.2, 0) is 4.79 Å². The van der Waals surface area contributed by atoms with Crippen LogP contribution in [0, 0.1) is 0 Å². The fourth-order valence-corrected chi connectivity index (χ4v) is 4.17. The van der Waals surface area contributed by atoms with Gasteiger partial charge in [0.2, 0.25) is 5.78 Å². The van der Waals surface area contributed by atoms with Crippen LogP contribution in [0.3, 0.4) is 0 Å². The van der Waals surface area contributed by atoms with Crippen molar-refractivity contribution in [2.45, 2.75) is 32.2 Å². The SMILES string of the molecule is CCCCCN1C(=O)C(O)=C(C(=O)c2cccs2)C1c1ccc(N(C)C)cc1. The normalized spacial score (nSPS) is 16.8. The van der Waals surface area contributed by atoms with E-state index in [9.17, 15) is 14.7 Å². The zero-order valence-corrected chi connectivity index (χ0v) is 17.3. The number of ketones is 1. The number of hydrogen-bond donors (Lipinski definition) is 1. The van der Waals surface area contributed by atoms with Crippen molar-refractivity contribution in [2.75, 3.05) is 25.5 Å². The molecule has 1 unspecified atom stereocenters. The van der Waals surface area contributed by atoms with Gasteiger partial charge in [-0.2, -0.15) is 0 Å². The van der Waals surface area contributed by atoms with Gasteiger partial charge in [0.25, 0.3) is 5.91 Å². The van der Waals surface area contributed by atoms with E-state index in [0.29, 0.717) is 11.4 Å². The van der Waals surface area contributed by atoms with Crippen LogP contribution in [-0.4, -0.2) is 42.3 Å². The lowest BCUT2D eigenvalue weighted by Gasteiger charge is -2.27. The van der Waals surface area contributed by atoms with Crippen LogP contribution in [0.15, 0.2) is 53.1 Å². The molecular formula is C22H26N2O3S. The smallest absolute Gasteiger partial charge is 0.290 e. The number of Topliss-reactive ketones (excluding diaryl/α,β-unsaturated/α-hetero) is 1. The van der Waals surface area contributed by atoms with Gasteiger partial charge in [0, 0.05) is 26.3 Å². The molecule has 0 spiro atoms. The molecule has 1 aliphatic heterocycles. The third kappa shape index (κ3) is 3.83. The van der Waals surface area contributed by atoms with E-state index in [0.717, 1.165) is 30.5 Å². The van der Waals surface area contributed by atoms with Gasteiger partial charge < -0.3 is 14.9 Å². The Kier molecular flexibility index (Phi) is 6.19. The maximum absolute atomic E-state index is 13.1. The molecule has 1 aliphatic rings. The molecule has 3 rings (SSSR count). The molecule has 148 valence electrons. The Morgan fingerprint density at radius 1 is 1.18 bits per heavy atom. The average Bonchev–Trinajstić information content (AvgIpc) is 3.31. The van der Waals surface area contributed by atoms with Crippen molar-refractivity contribution in [3.05, 3.63) is 63.6 Å². The molecule has 1 N–H and O–H groups in total. The highest BCUT2D eigenvalue weighted by atomic mass is 32.1. The van der Waals surface area contributed by atoms with Crippen molar-refractivity contribution in [1.29, 1.82) is 0 Å². The molecule has 1 atom stereocenters. The Labute approximate surface area is 169 Å². The molecule has 6 heteroatoms. The summed E-state index contributed by atoms with van der Waals surface area (Å²) in [4.78, 5) is 30.1. The van der Waals surface area contributed by atoms with E-state index >= 15 is 0 Å². The molecule has 0 saturated carbocycles. The summed E-state index contributed by atoms with van der Waals surface area (Å²) in [6.07, 6.45) is 2.86. The summed E-state index contributed by atoms with van der Waals surface area (Å²) in [6, 6.07) is 10.8. The van der Waals surface area contributed by atoms with Gasteiger partial charge in [-0.05, 0) is 35.6 Å². The van der Waals surface area contributed by atoms with Crippen molar-refractivity contribution >= 4 is 28.7 Å². The monoisotopic (exact) mass is 398 g/mol. The van der Waals surface area contributed by atoms with Gasteiger partial charge in [0.15, 0.2) is 5.76 Å². The summed E-state index contributed by atoms with van der Waals surface area (Å²) >= 11 is 1.32. The zero-order valence-electron chi connectivity index (χ0n) is 16.5. The Bertz CT molecular complexity index is 870. The lowest BCUT2D eigenvalue weighted by Crippen LogP contribution is -2.32. The number of amides is 1. The van der Waals surface area contributed by atoms with Gasteiger partial charge in [0.05, 0.1) is 16.5 Å². The first kappa shape index (κ1) is 20.1. The molecule has 28 heavy (non-hydrogen) atoms. The number of aliphatic hydroxyl groups is 1. The van der Waals surface area contributed by atoms with Gasteiger partial charge in [-0.25, -0.2) is 0 Å². The Morgan fingerprint density at radius 3 is 2.46 bits per heavy atom. The molecule has 1 amide bonds. The molecule has 1 aromatic heterocycles. The predicted octanol–water partition coefficient (Wildman–Crippen LogP) is 4.58. The van der Waals surface area contributed by atoms with E-state index in [-0.39, 0.29) is 11.4 Å². The minimum Gasteiger partial charge on any atom is -0.503 e. The average molecular weight is 399 g/mol. The number of carbonyl (C=O) groups excluding carboxylic acids is 2. The maximum Gasteiger partial charge on any atom is 0.290 e. The van der Waals surface area contributed by atoms with Crippen molar-refractivity contribution in [1.82, 2.24) is 4.90 Å². The third-order valence-corrected chi connectivity index (χ3v) is 5.89. The highest BCUT2D eigenvalue weighted by molar-refractivity contribution is 7.12. The van der Waals surface area contributed by atoms with Crippen LogP contribution in [0.4, 0.5) is 5.69 Å². The van der Waals surface area contributed by atoms with Crippen LogP contribution >= 0.6 is 11.3 Å². The summed E-state index contributed by atoms with van der Waals surface area (Å²) < 4.78 is 0. The molecule has 0 aliphatic carbocycles. The van der Waals surface area contributed by atoms with Crippen LogP contribution in [0.2, 0.25) is 0 Å². The predicted molar refractivity (Wildman–Crippen MR) is 113 cm³/mol. The Hall–Kier alpha value is -2.60.